The zero-order chi connectivity index (χ0) is 12.3. The molecule has 5 heteroatoms. The molecular weight excluding hydrogens is 216 g/mol. The van der Waals surface area contributed by atoms with Crippen molar-refractivity contribution in [2.45, 2.75) is 32.2 Å². The third-order valence-corrected chi connectivity index (χ3v) is 3.30. The van der Waals surface area contributed by atoms with Crippen molar-refractivity contribution in [3.63, 3.8) is 0 Å². The van der Waals surface area contributed by atoms with Crippen LogP contribution < -0.4 is 10.6 Å². The van der Waals surface area contributed by atoms with Crippen molar-refractivity contribution >= 4 is 11.7 Å². The summed E-state index contributed by atoms with van der Waals surface area (Å²) in [5, 5.41) is 5.90. The topological polar surface area (TPSA) is 66.9 Å². The zero-order valence-electron chi connectivity index (χ0n) is 10.2. The molecule has 1 fully saturated rings. The number of aromatic nitrogens is 2. The summed E-state index contributed by atoms with van der Waals surface area (Å²) >= 11 is 0. The SMILES string of the molecule is CNc1cncc(C(=O)NC2CCCC2C)n1. The van der Waals surface area contributed by atoms with Gasteiger partial charge in [-0.25, -0.2) is 4.98 Å². The summed E-state index contributed by atoms with van der Waals surface area (Å²) < 4.78 is 0. The van der Waals surface area contributed by atoms with Gasteiger partial charge in [-0.2, -0.15) is 0 Å². The Bertz CT molecular complexity index is 407. The van der Waals surface area contributed by atoms with Crippen LogP contribution in [0.1, 0.15) is 36.7 Å². The number of amides is 1. The lowest BCUT2D eigenvalue weighted by atomic mass is 10.1. The molecule has 1 saturated carbocycles. The molecule has 0 spiro atoms. The van der Waals surface area contributed by atoms with Gasteiger partial charge in [0.1, 0.15) is 11.5 Å². The van der Waals surface area contributed by atoms with Gasteiger partial charge in [-0.3, -0.25) is 9.78 Å². The molecule has 0 saturated heterocycles. The Morgan fingerprint density at radius 2 is 2.24 bits per heavy atom. The standard InChI is InChI=1S/C12H18N4O/c1-8-4-3-5-9(8)16-12(17)10-6-14-7-11(13-2)15-10/h6-9H,3-5H2,1-2H3,(H,13,15)(H,16,17). The summed E-state index contributed by atoms with van der Waals surface area (Å²) in [6.45, 7) is 2.17. The van der Waals surface area contributed by atoms with E-state index in [1.807, 2.05) is 0 Å². The predicted molar refractivity (Wildman–Crippen MR) is 65.8 cm³/mol. The number of rotatable bonds is 3. The number of nitrogens with one attached hydrogen (secondary N) is 2. The monoisotopic (exact) mass is 234 g/mol. The Morgan fingerprint density at radius 1 is 1.41 bits per heavy atom. The minimum Gasteiger partial charge on any atom is -0.372 e. The largest absolute Gasteiger partial charge is 0.372 e. The molecule has 2 unspecified atom stereocenters. The van der Waals surface area contributed by atoms with Crippen LogP contribution in [0.25, 0.3) is 0 Å². The van der Waals surface area contributed by atoms with Crippen LogP contribution in [0.3, 0.4) is 0 Å². The van der Waals surface area contributed by atoms with Crippen molar-refractivity contribution in [1.82, 2.24) is 15.3 Å². The van der Waals surface area contributed by atoms with Crippen molar-refractivity contribution in [3.05, 3.63) is 18.1 Å². The van der Waals surface area contributed by atoms with Crippen LogP contribution in [0, 0.1) is 5.92 Å². The van der Waals surface area contributed by atoms with Gasteiger partial charge in [0.05, 0.1) is 12.4 Å². The van der Waals surface area contributed by atoms with E-state index >= 15 is 0 Å². The van der Waals surface area contributed by atoms with E-state index < -0.39 is 0 Å². The van der Waals surface area contributed by atoms with Gasteiger partial charge >= 0.3 is 0 Å². The van der Waals surface area contributed by atoms with Crippen molar-refractivity contribution in [2.75, 3.05) is 12.4 Å². The zero-order valence-corrected chi connectivity index (χ0v) is 10.2. The average molecular weight is 234 g/mol. The molecule has 1 aliphatic carbocycles. The second-order valence-corrected chi connectivity index (χ2v) is 4.53. The fourth-order valence-electron chi connectivity index (χ4n) is 2.20. The smallest absolute Gasteiger partial charge is 0.271 e. The maximum Gasteiger partial charge on any atom is 0.271 e. The molecule has 17 heavy (non-hydrogen) atoms. The Morgan fingerprint density at radius 3 is 2.88 bits per heavy atom. The molecule has 2 N–H and O–H groups in total. The van der Waals surface area contributed by atoms with E-state index in [-0.39, 0.29) is 11.9 Å². The molecule has 0 aliphatic heterocycles. The molecule has 1 amide bonds. The summed E-state index contributed by atoms with van der Waals surface area (Å²) in [5.41, 5.74) is 0.371. The first kappa shape index (κ1) is 11.8. The molecule has 0 aromatic carbocycles. The van der Waals surface area contributed by atoms with Crippen molar-refractivity contribution < 1.29 is 4.79 Å². The predicted octanol–water partition coefficient (Wildman–Crippen LogP) is 1.44. The molecule has 0 radical (unpaired) electrons. The second-order valence-electron chi connectivity index (χ2n) is 4.53. The minimum absolute atomic E-state index is 0.131. The van der Waals surface area contributed by atoms with Gasteiger partial charge in [0.2, 0.25) is 0 Å². The van der Waals surface area contributed by atoms with Crippen LogP contribution in [0.5, 0.6) is 0 Å². The number of hydrogen-bond acceptors (Lipinski definition) is 4. The molecule has 2 atom stereocenters. The van der Waals surface area contributed by atoms with E-state index in [2.05, 4.69) is 27.5 Å². The lowest BCUT2D eigenvalue weighted by Gasteiger charge is -2.16. The van der Waals surface area contributed by atoms with Crippen LogP contribution in [0.2, 0.25) is 0 Å². The highest BCUT2D eigenvalue weighted by atomic mass is 16.1. The highest BCUT2D eigenvalue weighted by Gasteiger charge is 2.25. The Balaban J connectivity index is 2.03. The van der Waals surface area contributed by atoms with Gasteiger partial charge < -0.3 is 10.6 Å². The fourth-order valence-corrected chi connectivity index (χ4v) is 2.20. The van der Waals surface area contributed by atoms with Crippen molar-refractivity contribution in [2.24, 2.45) is 5.92 Å². The van der Waals surface area contributed by atoms with Gasteiger partial charge in [-0.05, 0) is 18.8 Å². The van der Waals surface area contributed by atoms with Gasteiger partial charge in [-0.1, -0.05) is 13.3 Å². The fraction of sp³-hybridized carbons (Fsp3) is 0.583. The molecule has 92 valence electrons. The number of carbonyl (C=O) groups excluding carboxylic acids is 1. The number of carbonyl (C=O) groups is 1. The minimum atomic E-state index is -0.131. The molecular formula is C12H18N4O. The van der Waals surface area contributed by atoms with Crippen LogP contribution in [-0.2, 0) is 0 Å². The van der Waals surface area contributed by atoms with Gasteiger partial charge in [0, 0.05) is 13.1 Å². The first-order valence-corrected chi connectivity index (χ1v) is 6.01. The molecule has 1 heterocycles. The van der Waals surface area contributed by atoms with E-state index in [4.69, 9.17) is 0 Å². The molecule has 5 nitrogen and oxygen atoms in total. The molecule has 2 rings (SSSR count). The lowest BCUT2D eigenvalue weighted by Crippen LogP contribution is -2.36. The molecule has 0 bridgehead atoms. The first-order valence-electron chi connectivity index (χ1n) is 6.01. The number of nitrogens with zero attached hydrogens (tertiary/aromatic N) is 2. The maximum atomic E-state index is 12.0. The summed E-state index contributed by atoms with van der Waals surface area (Å²) in [6, 6.07) is 0.280. The molecule has 1 aliphatic rings. The summed E-state index contributed by atoms with van der Waals surface area (Å²) in [6.07, 6.45) is 6.53. The lowest BCUT2D eigenvalue weighted by molar-refractivity contribution is 0.0924. The van der Waals surface area contributed by atoms with Crippen LogP contribution in [0.4, 0.5) is 5.82 Å². The quantitative estimate of drug-likeness (QED) is 0.830. The first-order chi connectivity index (χ1) is 8.20. The molecule has 1 aromatic rings. The van der Waals surface area contributed by atoms with Gasteiger partial charge in [0.15, 0.2) is 0 Å². The third kappa shape index (κ3) is 2.72. The highest BCUT2D eigenvalue weighted by molar-refractivity contribution is 5.92. The van der Waals surface area contributed by atoms with Crippen LogP contribution in [-0.4, -0.2) is 29.0 Å². The van der Waals surface area contributed by atoms with Gasteiger partial charge in [0.25, 0.3) is 5.91 Å². The van der Waals surface area contributed by atoms with E-state index in [9.17, 15) is 4.79 Å². The van der Waals surface area contributed by atoms with E-state index in [1.54, 1.807) is 13.2 Å². The maximum absolute atomic E-state index is 12.0. The van der Waals surface area contributed by atoms with E-state index in [1.165, 1.54) is 19.0 Å². The van der Waals surface area contributed by atoms with Crippen LogP contribution in [0.15, 0.2) is 12.4 Å². The van der Waals surface area contributed by atoms with Crippen LogP contribution >= 0.6 is 0 Å². The summed E-state index contributed by atoms with van der Waals surface area (Å²) in [5.74, 6) is 1.03. The Kier molecular flexibility index (Phi) is 3.56. The Hall–Kier alpha value is -1.65. The summed E-state index contributed by atoms with van der Waals surface area (Å²) in [7, 11) is 1.75. The third-order valence-electron chi connectivity index (χ3n) is 3.30. The number of anilines is 1. The average Bonchev–Trinajstić information content (AvgIpc) is 2.75. The highest BCUT2D eigenvalue weighted by Crippen LogP contribution is 2.24. The Labute approximate surface area is 101 Å². The van der Waals surface area contributed by atoms with Crippen molar-refractivity contribution in [1.29, 1.82) is 0 Å². The second kappa shape index (κ2) is 5.12. The van der Waals surface area contributed by atoms with E-state index in [0.29, 0.717) is 17.4 Å². The van der Waals surface area contributed by atoms with Gasteiger partial charge in [-0.15, -0.1) is 0 Å². The number of hydrogen-bond donors (Lipinski definition) is 2. The normalized spacial score (nSPS) is 23.4. The van der Waals surface area contributed by atoms with E-state index in [0.717, 1.165) is 6.42 Å². The molecule has 1 aromatic heterocycles. The van der Waals surface area contributed by atoms with Crippen molar-refractivity contribution in [3.8, 4) is 0 Å². The summed E-state index contributed by atoms with van der Waals surface area (Å²) in [4.78, 5) is 20.1.